The Morgan fingerprint density at radius 1 is 0.742 bits per heavy atom. The molecule has 0 unspecified atom stereocenters. The Morgan fingerprint density at radius 3 is 1.94 bits per heavy atom. The standard InChI is InChI=1S/C20H18ClN3O5S2/c1-22-20(25)14-5-11-18(12-6-14)30(26,27)24-17-3-2-4-19(13-17)31(28,29)23-16-9-7-15(21)8-10-16/h2-13,23-24H,1H3,(H,22,25). The lowest BCUT2D eigenvalue weighted by molar-refractivity contribution is 0.0963. The zero-order chi connectivity index (χ0) is 22.6. The summed E-state index contributed by atoms with van der Waals surface area (Å²) >= 11 is 5.80. The summed E-state index contributed by atoms with van der Waals surface area (Å²) in [4.78, 5) is 11.4. The fourth-order valence-corrected chi connectivity index (χ4v) is 4.88. The predicted molar refractivity (Wildman–Crippen MR) is 119 cm³/mol. The molecule has 3 rings (SSSR count). The molecule has 0 spiro atoms. The highest BCUT2D eigenvalue weighted by Crippen LogP contribution is 2.22. The van der Waals surface area contributed by atoms with E-state index in [0.717, 1.165) is 0 Å². The predicted octanol–water partition coefficient (Wildman–Crippen LogP) is 3.30. The Morgan fingerprint density at radius 2 is 1.32 bits per heavy atom. The number of carbonyl (C=O) groups is 1. The van der Waals surface area contributed by atoms with Gasteiger partial charge in [0.1, 0.15) is 0 Å². The SMILES string of the molecule is CNC(=O)c1ccc(S(=O)(=O)Nc2cccc(S(=O)(=O)Nc3ccc(Cl)cc3)c2)cc1. The van der Waals surface area contributed by atoms with Gasteiger partial charge in [-0.2, -0.15) is 0 Å². The molecule has 0 fully saturated rings. The molecule has 0 heterocycles. The van der Waals surface area contributed by atoms with Gasteiger partial charge in [0.15, 0.2) is 0 Å². The Balaban J connectivity index is 1.82. The second-order valence-electron chi connectivity index (χ2n) is 6.35. The lowest BCUT2D eigenvalue weighted by Crippen LogP contribution is -2.18. The van der Waals surface area contributed by atoms with E-state index in [1.54, 1.807) is 12.1 Å². The number of anilines is 2. The van der Waals surface area contributed by atoms with E-state index >= 15 is 0 Å². The van der Waals surface area contributed by atoms with Crippen LogP contribution in [-0.2, 0) is 20.0 Å². The molecule has 11 heteroatoms. The quantitative estimate of drug-likeness (QED) is 0.480. The zero-order valence-corrected chi connectivity index (χ0v) is 18.6. The van der Waals surface area contributed by atoms with E-state index in [1.807, 2.05) is 0 Å². The number of rotatable bonds is 7. The number of hydrogen-bond acceptors (Lipinski definition) is 5. The van der Waals surface area contributed by atoms with Crippen LogP contribution in [0.4, 0.5) is 11.4 Å². The second kappa shape index (κ2) is 8.96. The van der Waals surface area contributed by atoms with Crippen LogP contribution in [0, 0.1) is 0 Å². The molecule has 0 aromatic heterocycles. The van der Waals surface area contributed by atoms with Crippen LogP contribution in [0.15, 0.2) is 82.6 Å². The Labute approximate surface area is 185 Å². The van der Waals surface area contributed by atoms with Gasteiger partial charge in [0.25, 0.3) is 26.0 Å². The van der Waals surface area contributed by atoms with Crippen molar-refractivity contribution >= 4 is 48.9 Å². The van der Waals surface area contributed by atoms with Crippen molar-refractivity contribution in [2.75, 3.05) is 16.5 Å². The maximum absolute atomic E-state index is 12.6. The topological polar surface area (TPSA) is 121 Å². The molecule has 0 aliphatic carbocycles. The average Bonchev–Trinajstić information content (AvgIpc) is 2.74. The van der Waals surface area contributed by atoms with E-state index in [9.17, 15) is 21.6 Å². The number of halogens is 1. The molecule has 3 aromatic rings. The molecule has 0 aliphatic heterocycles. The third kappa shape index (κ3) is 5.54. The van der Waals surface area contributed by atoms with Crippen molar-refractivity contribution in [2.24, 2.45) is 0 Å². The highest BCUT2D eigenvalue weighted by molar-refractivity contribution is 7.93. The van der Waals surface area contributed by atoms with E-state index in [4.69, 9.17) is 11.6 Å². The van der Waals surface area contributed by atoms with Gasteiger partial charge >= 0.3 is 0 Å². The van der Waals surface area contributed by atoms with Gasteiger partial charge in [-0.1, -0.05) is 17.7 Å². The minimum atomic E-state index is -4.00. The Bertz CT molecular complexity index is 1310. The van der Waals surface area contributed by atoms with Crippen LogP contribution in [0.3, 0.4) is 0 Å². The molecule has 3 aromatic carbocycles. The number of hydrogen-bond donors (Lipinski definition) is 3. The Hall–Kier alpha value is -3.08. The van der Waals surface area contributed by atoms with Crippen molar-refractivity contribution in [1.82, 2.24) is 5.32 Å². The summed E-state index contributed by atoms with van der Waals surface area (Å²) in [5.74, 6) is -0.344. The van der Waals surface area contributed by atoms with Gasteiger partial charge in [0.05, 0.1) is 15.5 Å². The van der Waals surface area contributed by atoms with Gasteiger partial charge in [-0.25, -0.2) is 16.8 Å². The highest BCUT2D eigenvalue weighted by atomic mass is 35.5. The van der Waals surface area contributed by atoms with Crippen molar-refractivity contribution in [3.05, 3.63) is 83.4 Å². The molecule has 0 aliphatic rings. The minimum Gasteiger partial charge on any atom is -0.355 e. The van der Waals surface area contributed by atoms with Crippen LogP contribution in [0.2, 0.25) is 5.02 Å². The van der Waals surface area contributed by atoms with E-state index in [-0.39, 0.29) is 21.4 Å². The van der Waals surface area contributed by atoms with Crippen LogP contribution in [0.5, 0.6) is 0 Å². The van der Waals surface area contributed by atoms with Crippen molar-refractivity contribution in [2.45, 2.75) is 9.79 Å². The van der Waals surface area contributed by atoms with E-state index in [1.165, 1.54) is 67.7 Å². The molecule has 3 N–H and O–H groups in total. The van der Waals surface area contributed by atoms with Gasteiger partial charge < -0.3 is 5.32 Å². The summed E-state index contributed by atoms with van der Waals surface area (Å²) < 4.78 is 55.3. The summed E-state index contributed by atoms with van der Waals surface area (Å²) in [6.45, 7) is 0. The van der Waals surface area contributed by atoms with Crippen LogP contribution in [-0.4, -0.2) is 29.8 Å². The van der Waals surface area contributed by atoms with Crippen LogP contribution in [0.1, 0.15) is 10.4 Å². The molecule has 162 valence electrons. The highest BCUT2D eigenvalue weighted by Gasteiger charge is 2.18. The summed E-state index contributed by atoms with van der Waals surface area (Å²) in [5.41, 5.74) is 0.684. The van der Waals surface area contributed by atoms with Gasteiger partial charge in [-0.3, -0.25) is 14.2 Å². The monoisotopic (exact) mass is 479 g/mol. The first-order valence-corrected chi connectivity index (χ1v) is 12.2. The molecule has 1 amide bonds. The van der Waals surface area contributed by atoms with Crippen LogP contribution < -0.4 is 14.8 Å². The van der Waals surface area contributed by atoms with E-state index in [2.05, 4.69) is 14.8 Å². The first kappa shape index (κ1) is 22.6. The van der Waals surface area contributed by atoms with Crippen molar-refractivity contribution in [3.8, 4) is 0 Å². The van der Waals surface area contributed by atoms with Crippen molar-refractivity contribution in [1.29, 1.82) is 0 Å². The molecule has 0 atom stereocenters. The smallest absolute Gasteiger partial charge is 0.261 e. The summed E-state index contributed by atoms with van der Waals surface area (Å²) in [6.07, 6.45) is 0. The van der Waals surface area contributed by atoms with Crippen LogP contribution in [0.25, 0.3) is 0 Å². The van der Waals surface area contributed by atoms with Crippen molar-refractivity contribution in [3.63, 3.8) is 0 Å². The molecular formula is C20H18ClN3O5S2. The lowest BCUT2D eigenvalue weighted by Gasteiger charge is -2.12. The lowest BCUT2D eigenvalue weighted by atomic mass is 10.2. The molecular weight excluding hydrogens is 462 g/mol. The maximum Gasteiger partial charge on any atom is 0.261 e. The van der Waals surface area contributed by atoms with E-state index < -0.39 is 20.0 Å². The van der Waals surface area contributed by atoms with Crippen LogP contribution >= 0.6 is 11.6 Å². The number of benzene rings is 3. The summed E-state index contributed by atoms with van der Waals surface area (Å²) in [7, 11) is -6.49. The third-order valence-electron chi connectivity index (χ3n) is 4.15. The Kier molecular flexibility index (Phi) is 6.54. The number of sulfonamides is 2. The average molecular weight is 480 g/mol. The maximum atomic E-state index is 12.6. The molecule has 0 radical (unpaired) electrons. The van der Waals surface area contributed by atoms with Gasteiger partial charge in [-0.15, -0.1) is 0 Å². The third-order valence-corrected chi connectivity index (χ3v) is 7.18. The number of amides is 1. The van der Waals surface area contributed by atoms with Gasteiger partial charge in [0.2, 0.25) is 0 Å². The van der Waals surface area contributed by atoms with Crippen molar-refractivity contribution < 1.29 is 21.6 Å². The zero-order valence-electron chi connectivity index (χ0n) is 16.2. The summed E-state index contributed by atoms with van der Waals surface area (Å²) in [5, 5.41) is 2.91. The second-order valence-corrected chi connectivity index (χ2v) is 10.2. The van der Waals surface area contributed by atoms with Gasteiger partial charge in [-0.05, 0) is 66.7 Å². The van der Waals surface area contributed by atoms with Gasteiger partial charge in [0, 0.05) is 23.3 Å². The normalized spacial score (nSPS) is 11.5. The van der Waals surface area contributed by atoms with E-state index in [0.29, 0.717) is 16.3 Å². The molecule has 0 bridgehead atoms. The fraction of sp³-hybridized carbons (Fsp3) is 0.0500. The minimum absolute atomic E-state index is 0.0642. The first-order chi connectivity index (χ1) is 14.6. The largest absolute Gasteiger partial charge is 0.355 e. The number of carbonyl (C=O) groups excluding carboxylic acids is 1. The molecule has 31 heavy (non-hydrogen) atoms. The number of nitrogens with one attached hydrogen (secondary N) is 3. The first-order valence-electron chi connectivity index (χ1n) is 8.84. The summed E-state index contributed by atoms with van der Waals surface area (Å²) in [6, 6.07) is 16.8. The molecule has 0 saturated carbocycles. The molecule has 8 nitrogen and oxygen atoms in total. The fourth-order valence-electron chi connectivity index (χ4n) is 2.60. The molecule has 0 saturated heterocycles.